The van der Waals surface area contributed by atoms with Crippen molar-refractivity contribution in [3.63, 3.8) is 0 Å². The quantitative estimate of drug-likeness (QED) is 0.736. The minimum atomic E-state index is 0.574. The van der Waals surface area contributed by atoms with E-state index in [4.69, 9.17) is 4.98 Å². The van der Waals surface area contributed by atoms with Crippen LogP contribution in [-0.4, -0.2) is 18.1 Å². The maximum atomic E-state index is 4.70. The topological polar surface area (TPSA) is 16.1 Å². The first kappa shape index (κ1) is 10.5. The van der Waals surface area contributed by atoms with E-state index in [-0.39, 0.29) is 0 Å². The Morgan fingerprint density at radius 3 is 2.40 bits per heavy atom. The van der Waals surface area contributed by atoms with Gasteiger partial charge < -0.3 is 4.90 Å². The molecule has 0 aliphatic carbocycles. The van der Waals surface area contributed by atoms with E-state index in [0.29, 0.717) is 5.92 Å². The van der Waals surface area contributed by atoms with Gasteiger partial charge in [-0.2, -0.15) is 0 Å². The van der Waals surface area contributed by atoms with E-state index in [9.17, 15) is 0 Å². The van der Waals surface area contributed by atoms with Crippen LogP contribution < -0.4 is 4.90 Å². The first-order valence-corrected chi connectivity index (χ1v) is 5.91. The van der Waals surface area contributed by atoms with Crippen molar-refractivity contribution >= 4 is 5.82 Å². The Balaban J connectivity index is 2.24. The average molecular weight is 204 g/mol. The Morgan fingerprint density at radius 2 is 1.87 bits per heavy atom. The van der Waals surface area contributed by atoms with E-state index in [1.807, 2.05) is 0 Å². The molecule has 0 atom stereocenters. The highest BCUT2D eigenvalue weighted by Crippen LogP contribution is 2.23. The fourth-order valence-corrected chi connectivity index (χ4v) is 2.29. The molecule has 2 rings (SSSR count). The monoisotopic (exact) mass is 204 g/mol. The highest BCUT2D eigenvalue weighted by Gasteiger charge is 2.14. The Kier molecular flexibility index (Phi) is 2.94. The fraction of sp³-hybridized carbons (Fsp3) is 0.615. The molecule has 0 bridgehead atoms. The molecular weight excluding hydrogens is 184 g/mol. The maximum Gasteiger partial charge on any atom is 0.128 e. The van der Waals surface area contributed by atoms with E-state index in [1.54, 1.807) is 0 Å². The zero-order valence-electron chi connectivity index (χ0n) is 9.95. The zero-order valence-corrected chi connectivity index (χ0v) is 9.95. The normalized spacial score (nSPS) is 16.4. The molecule has 0 aromatic carbocycles. The largest absolute Gasteiger partial charge is 0.357 e. The third-order valence-corrected chi connectivity index (χ3v) is 3.16. The number of rotatable bonds is 2. The summed E-state index contributed by atoms with van der Waals surface area (Å²) in [7, 11) is 0. The van der Waals surface area contributed by atoms with Crippen molar-refractivity contribution < 1.29 is 0 Å². The number of nitrogens with zero attached hydrogens (tertiary/aromatic N) is 2. The molecule has 0 saturated carbocycles. The van der Waals surface area contributed by atoms with Gasteiger partial charge in [0.05, 0.1) is 0 Å². The summed E-state index contributed by atoms with van der Waals surface area (Å²) >= 11 is 0. The second-order valence-electron chi connectivity index (χ2n) is 4.69. The Labute approximate surface area is 92.3 Å². The molecule has 0 amide bonds. The van der Waals surface area contributed by atoms with Gasteiger partial charge in [-0.3, -0.25) is 0 Å². The van der Waals surface area contributed by atoms with E-state index >= 15 is 0 Å². The number of pyridine rings is 1. The van der Waals surface area contributed by atoms with Crippen LogP contribution in [0.15, 0.2) is 12.1 Å². The van der Waals surface area contributed by atoms with Crippen molar-refractivity contribution in [1.82, 2.24) is 4.98 Å². The lowest BCUT2D eigenvalue weighted by Crippen LogP contribution is -2.19. The van der Waals surface area contributed by atoms with Gasteiger partial charge in [0, 0.05) is 18.8 Å². The van der Waals surface area contributed by atoms with Crippen LogP contribution in [0.2, 0.25) is 0 Å². The Morgan fingerprint density at radius 1 is 1.20 bits per heavy atom. The molecule has 2 heteroatoms. The third-order valence-electron chi connectivity index (χ3n) is 3.16. The number of aryl methyl sites for hydroxylation is 1. The van der Waals surface area contributed by atoms with Crippen molar-refractivity contribution in [3.05, 3.63) is 23.4 Å². The highest BCUT2D eigenvalue weighted by molar-refractivity contribution is 5.43. The minimum absolute atomic E-state index is 0.574. The summed E-state index contributed by atoms with van der Waals surface area (Å²) in [5, 5.41) is 0. The second-order valence-corrected chi connectivity index (χ2v) is 4.69. The summed E-state index contributed by atoms with van der Waals surface area (Å²) in [5.74, 6) is 1.74. The van der Waals surface area contributed by atoms with E-state index < -0.39 is 0 Å². The van der Waals surface area contributed by atoms with Gasteiger partial charge in [-0.25, -0.2) is 4.98 Å². The summed E-state index contributed by atoms with van der Waals surface area (Å²) < 4.78 is 0. The zero-order chi connectivity index (χ0) is 10.8. The molecule has 0 spiro atoms. The predicted molar refractivity (Wildman–Crippen MR) is 64.5 cm³/mol. The Hall–Kier alpha value is -1.05. The molecule has 0 radical (unpaired) electrons. The molecule has 1 aromatic heterocycles. The molecular formula is C13H20N2. The van der Waals surface area contributed by atoms with Crippen LogP contribution in [0.25, 0.3) is 0 Å². The lowest BCUT2D eigenvalue weighted by molar-refractivity contribution is 0.834. The number of hydrogen-bond acceptors (Lipinski definition) is 2. The number of hydrogen-bond donors (Lipinski definition) is 0. The van der Waals surface area contributed by atoms with Crippen molar-refractivity contribution in [2.45, 2.75) is 39.5 Å². The molecule has 1 aliphatic rings. The Bertz CT molecular complexity index is 338. The lowest BCUT2D eigenvalue weighted by Gasteiger charge is -2.18. The van der Waals surface area contributed by atoms with Crippen LogP contribution in [0.5, 0.6) is 0 Å². The molecule has 1 fully saturated rings. The maximum absolute atomic E-state index is 4.70. The van der Waals surface area contributed by atoms with Crippen molar-refractivity contribution in [2.24, 2.45) is 0 Å². The molecule has 15 heavy (non-hydrogen) atoms. The van der Waals surface area contributed by atoms with Crippen LogP contribution >= 0.6 is 0 Å². The summed E-state index contributed by atoms with van der Waals surface area (Å²) in [6.45, 7) is 8.91. The van der Waals surface area contributed by atoms with Gasteiger partial charge in [-0.15, -0.1) is 0 Å². The highest BCUT2D eigenvalue weighted by atomic mass is 15.2. The number of anilines is 1. The summed E-state index contributed by atoms with van der Waals surface area (Å²) in [4.78, 5) is 7.09. The van der Waals surface area contributed by atoms with E-state index in [0.717, 1.165) is 5.82 Å². The molecule has 1 aromatic rings. The van der Waals surface area contributed by atoms with E-state index in [2.05, 4.69) is 37.8 Å². The smallest absolute Gasteiger partial charge is 0.128 e. The van der Waals surface area contributed by atoms with Crippen LogP contribution in [0.3, 0.4) is 0 Å². The SMILES string of the molecule is Cc1nc(N2CCCC2)ccc1C(C)C. The van der Waals surface area contributed by atoms with Crippen LogP contribution in [0.1, 0.15) is 43.9 Å². The van der Waals surface area contributed by atoms with Gasteiger partial charge in [0.15, 0.2) is 0 Å². The van der Waals surface area contributed by atoms with Crippen LogP contribution in [0, 0.1) is 6.92 Å². The van der Waals surface area contributed by atoms with Gasteiger partial charge >= 0.3 is 0 Å². The molecule has 1 saturated heterocycles. The summed E-state index contributed by atoms with van der Waals surface area (Å²) in [5.41, 5.74) is 2.56. The molecule has 1 aliphatic heterocycles. The number of aromatic nitrogens is 1. The third kappa shape index (κ3) is 2.14. The standard InChI is InChI=1S/C13H20N2/c1-10(2)12-6-7-13(14-11(12)3)15-8-4-5-9-15/h6-7,10H,4-5,8-9H2,1-3H3. The first-order chi connectivity index (χ1) is 7.18. The molecule has 2 nitrogen and oxygen atoms in total. The molecule has 0 N–H and O–H groups in total. The summed E-state index contributed by atoms with van der Waals surface area (Å²) in [6.07, 6.45) is 2.62. The van der Waals surface area contributed by atoms with Crippen molar-refractivity contribution in [3.8, 4) is 0 Å². The van der Waals surface area contributed by atoms with Crippen molar-refractivity contribution in [1.29, 1.82) is 0 Å². The van der Waals surface area contributed by atoms with Gasteiger partial charge in [-0.1, -0.05) is 19.9 Å². The second kappa shape index (κ2) is 4.21. The molecule has 82 valence electrons. The van der Waals surface area contributed by atoms with Gasteiger partial charge in [0.25, 0.3) is 0 Å². The minimum Gasteiger partial charge on any atom is -0.357 e. The van der Waals surface area contributed by atoms with Crippen molar-refractivity contribution in [2.75, 3.05) is 18.0 Å². The molecule has 0 unspecified atom stereocenters. The average Bonchev–Trinajstić information content (AvgIpc) is 2.69. The van der Waals surface area contributed by atoms with Crippen LogP contribution in [-0.2, 0) is 0 Å². The predicted octanol–water partition coefficient (Wildman–Crippen LogP) is 3.11. The van der Waals surface area contributed by atoms with E-state index in [1.165, 1.54) is 37.2 Å². The lowest BCUT2D eigenvalue weighted by atomic mass is 10.0. The molecule has 2 heterocycles. The fourth-order valence-electron chi connectivity index (χ4n) is 2.29. The van der Waals surface area contributed by atoms with Gasteiger partial charge in [0.1, 0.15) is 5.82 Å². The van der Waals surface area contributed by atoms with Gasteiger partial charge in [0.2, 0.25) is 0 Å². The van der Waals surface area contributed by atoms with Gasteiger partial charge in [-0.05, 0) is 37.3 Å². The van der Waals surface area contributed by atoms with Crippen LogP contribution in [0.4, 0.5) is 5.82 Å². The summed E-state index contributed by atoms with van der Waals surface area (Å²) in [6, 6.07) is 4.41. The first-order valence-electron chi connectivity index (χ1n) is 5.91.